The van der Waals surface area contributed by atoms with E-state index < -0.39 is 6.10 Å². The summed E-state index contributed by atoms with van der Waals surface area (Å²) in [5, 5.41) is 15.2. The van der Waals surface area contributed by atoms with Crippen molar-refractivity contribution in [3.05, 3.63) is 111 Å². The van der Waals surface area contributed by atoms with E-state index in [2.05, 4.69) is 34.6 Å². The van der Waals surface area contributed by atoms with E-state index >= 15 is 0 Å². The summed E-state index contributed by atoms with van der Waals surface area (Å²) in [4.78, 5) is 14.9. The topological polar surface area (TPSA) is 74.3 Å². The standard InChI is InChI=1S/C28H28N2O3/c31-25(17-29-16-20-14-21-8-4-5-9-22(21)15-20)23-10-12-26(28-24(23)11-13-27(32)30-28)33-18-19-6-2-1-3-7-19/h1-13,20,25,29,31H,14-18H2,(H,30,32). The summed E-state index contributed by atoms with van der Waals surface area (Å²) in [5.41, 5.74) is 5.11. The lowest BCUT2D eigenvalue weighted by Gasteiger charge is -2.18. The van der Waals surface area contributed by atoms with Crippen LogP contribution in [0.2, 0.25) is 0 Å². The maximum Gasteiger partial charge on any atom is 0.248 e. The van der Waals surface area contributed by atoms with Gasteiger partial charge >= 0.3 is 0 Å². The third-order valence-corrected chi connectivity index (χ3v) is 6.39. The fraction of sp³-hybridized carbons (Fsp3) is 0.250. The minimum absolute atomic E-state index is 0.197. The molecule has 3 N–H and O–H groups in total. The minimum Gasteiger partial charge on any atom is -0.487 e. The molecule has 0 amide bonds. The van der Waals surface area contributed by atoms with Crippen LogP contribution in [0.15, 0.2) is 83.7 Å². The molecule has 4 aromatic rings. The van der Waals surface area contributed by atoms with Gasteiger partial charge in [-0.15, -0.1) is 0 Å². The van der Waals surface area contributed by atoms with Crippen LogP contribution in [0.3, 0.4) is 0 Å². The highest BCUT2D eigenvalue weighted by molar-refractivity contribution is 5.87. The van der Waals surface area contributed by atoms with Crippen molar-refractivity contribution in [1.29, 1.82) is 0 Å². The Bertz CT molecular complexity index is 1270. The predicted molar refractivity (Wildman–Crippen MR) is 131 cm³/mol. The second-order valence-corrected chi connectivity index (χ2v) is 8.76. The lowest BCUT2D eigenvalue weighted by atomic mass is 10.0. The van der Waals surface area contributed by atoms with Crippen LogP contribution in [-0.4, -0.2) is 23.2 Å². The molecule has 3 aromatic carbocycles. The number of pyridine rings is 1. The molecule has 1 unspecified atom stereocenters. The molecule has 1 aliphatic rings. The molecule has 0 saturated heterocycles. The molecule has 0 aliphatic heterocycles. The van der Waals surface area contributed by atoms with Gasteiger partial charge < -0.3 is 20.1 Å². The number of benzene rings is 3. The zero-order valence-electron chi connectivity index (χ0n) is 18.5. The normalized spacial score (nSPS) is 14.3. The first-order chi connectivity index (χ1) is 16.2. The number of aromatic amines is 1. The van der Waals surface area contributed by atoms with Crippen LogP contribution in [0.5, 0.6) is 5.75 Å². The largest absolute Gasteiger partial charge is 0.487 e. The Labute approximate surface area is 193 Å². The number of nitrogens with one attached hydrogen (secondary N) is 2. The number of rotatable bonds is 8. The lowest BCUT2D eigenvalue weighted by Crippen LogP contribution is -2.28. The van der Waals surface area contributed by atoms with E-state index in [1.54, 1.807) is 6.07 Å². The van der Waals surface area contributed by atoms with Gasteiger partial charge in [0, 0.05) is 18.0 Å². The highest BCUT2D eigenvalue weighted by Crippen LogP contribution is 2.30. The number of H-pyrrole nitrogens is 1. The third kappa shape index (κ3) is 4.85. The van der Waals surface area contributed by atoms with Gasteiger partial charge in [-0.25, -0.2) is 0 Å². The summed E-state index contributed by atoms with van der Waals surface area (Å²) >= 11 is 0. The highest BCUT2D eigenvalue weighted by Gasteiger charge is 2.21. The van der Waals surface area contributed by atoms with E-state index in [1.807, 2.05) is 42.5 Å². The quantitative estimate of drug-likeness (QED) is 0.385. The Morgan fingerprint density at radius 1 is 0.939 bits per heavy atom. The number of aromatic nitrogens is 1. The number of hydrogen-bond donors (Lipinski definition) is 3. The molecule has 5 heteroatoms. The van der Waals surface area contributed by atoms with Crippen LogP contribution in [-0.2, 0) is 19.4 Å². The van der Waals surface area contributed by atoms with Crippen molar-refractivity contribution in [2.75, 3.05) is 13.1 Å². The van der Waals surface area contributed by atoms with Crippen LogP contribution in [0.1, 0.15) is 28.4 Å². The molecule has 5 nitrogen and oxygen atoms in total. The monoisotopic (exact) mass is 440 g/mol. The van der Waals surface area contributed by atoms with Crippen LogP contribution < -0.4 is 15.6 Å². The van der Waals surface area contributed by atoms with Crippen molar-refractivity contribution < 1.29 is 9.84 Å². The predicted octanol–water partition coefficient (Wildman–Crippen LogP) is 4.15. The van der Waals surface area contributed by atoms with Gasteiger partial charge in [0.15, 0.2) is 0 Å². The minimum atomic E-state index is -0.689. The van der Waals surface area contributed by atoms with Gasteiger partial charge in [0.05, 0.1) is 11.6 Å². The first-order valence-corrected chi connectivity index (χ1v) is 11.5. The van der Waals surface area contributed by atoms with Crippen molar-refractivity contribution in [2.45, 2.75) is 25.6 Å². The van der Waals surface area contributed by atoms with Gasteiger partial charge in [0.1, 0.15) is 12.4 Å². The fourth-order valence-electron chi connectivity index (χ4n) is 4.72. The number of hydrogen-bond acceptors (Lipinski definition) is 4. The molecule has 0 saturated carbocycles. The fourth-order valence-corrected chi connectivity index (χ4v) is 4.72. The molecule has 1 aliphatic carbocycles. The van der Waals surface area contributed by atoms with Crippen molar-refractivity contribution >= 4 is 10.9 Å². The van der Waals surface area contributed by atoms with E-state index in [0.29, 0.717) is 30.3 Å². The molecule has 1 aromatic heterocycles. The highest BCUT2D eigenvalue weighted by atomic mass is 16.5. The van der Waals surface area contributed by atoms with Gasteiger partial charge in [0.2, 0.25) is 5.56 Å². The molecule has 0 spiro atoms. The third-order valence-electron chi connectivity index (χ3n) is 6.39. The van der Waals surface area contributed by atoms with E-state index in [9.17, 15) is 9.90 Å². The zero-order valence-corrected chi connectivity index (χ0v) is 18.5. The van der Waals surface area contributed by atoms with Gasteiger partial charge in [-0.05, 0) is 59.7 Å². The van der Waals surface area contributed by atoms with Crippen LogP contribution in [0, 0.1) is 5.92 Å². The van der Waals surface area contributed by atoms with E-state index in [-0.39, 0.29) is 5.56 Å². The summed E-state index contributed by atoms with van der Waals surface area (Å²) in [6, 6.07) is 25.5. The Balaban J connectivity index is 1.27. The Morgan fingerprint density at radius 3 is 2.42 bits per heavy atom. The first-order valence-electron chi connectivity index (χ1n) is 11.5. The van der Waals surface area contributed by atoms with E-state index in [0.717, 1.165) is 35.9 Å². The van der Waals surface area contributed by atoms with E-state index in [1.165, 1.54) is 17.2 Å². The van der Waals surface area contributed by atoms with Crippen molar-refractivity contribution in [3.8, 4) is 5.75 Å². The molecule has 168 valence electrons. The number of aliphatic hydroxyl groups excluding tert-OH is 1. The summed E-state index contributed by atoms with van der Waals surface area (Å²) < 4.78 is 6.01. The molecular weight excluding hydrogens is 412 g/mol. The van der Waals surface area contributed by atoms with Gasteiger partial charge in [-0.2, -0.15) is 0 Å². The maximum absolute atomic E-state index is 12.0. The Morgan fingerprint density at radius 2 is 1.67 bits per heavy atom. The number of fused-ring (bicyclic) bond motifs is 2. The molecule has 0 fully saturated rings. The SMILES string of the molecule is O=c1ccc2c(C(O)CNCC3Cc4ccccc4C3)ccc(OCc3ccccc3)c2[nH]1. The van der Waals surface area contributed by atoms with Gasteiger partial charge in [0.25, 0.3) is 0 Å². The van der Waals surface area contributed by atoms with Crippen LogP contribution in [0.25, 0.3) is 10.9 Å². The van der Waals surface area contributed by atoms with Crippen molar-refractivity contribution in [1.82, 2.24) is 10.3 Å². The smallest absolute Gasteiger partial charge is 0.248 e. The lowest BCUT2D eigenvalue weighted by molar-refractivity contribution is 0.174. The summed E-state index contributed by atoms with van der Waals surface area (Å²) in [7, 11) is 0. The molecule has 33 heavy (non-hydrogen) atoms. The van der Waals surface area contributed by atoms with Crippen molar-refractivity contribution in [3.63, 3.8) is 0 Å². The molecule has 0 radical (unpaired) electrons. The first kappa shape index (κ1) is 21.4. The van der Waals surface area contributed by atoms with E-state index in [4.69, 9.17) is 4.74 Å². The second-order valence-electron chi connectivity index (χ2n) is 8.76. The average Bonchev–Trinajstić information content (AvgIpc) is 3.26. The summed E-state index contributed by atoms with van der Waals surface area (Å²) in [6.07, 6.45) is 1.47. The molecule has 0 bridgehead atoms. The molecule has 5 rings (SSSR count). The molecule has 1 heterocycles. The number of aliphatic hydroxyl groups is 1. The van der Waals surface area contributed by atoms with Gasteiger partial charge in [-0.3, -0.25) is 4.79 Å². The second kappa shape index (κ2) is 9.61. The zero-order chi connectivity index (χ0) is 22.6. The van der Waals surface area contributed by atoms with Gasteiger partial charge in [-0.1, -0.05) is 60.7 Å². The Hall–Kier alpha value is -3.41. The molecule has 1 atom stereocenters. The summed E-state index contributed by atoms with van der Waals surface area (Å²) in [6.45, 7) is 1.71. The van der Waals surface area contributed by atoms with Crippen LogP contribution in [0.4, 0.5) is 0 Å². The number of ether oxygens (including phenoxy) is 1. The maximum atomic E-state index is 12.0. The van der Waals surface area contributed by atoms with Crippen molar-refractivity contribution in [2.24, 2.45) is 5.92 Å². The Kier molecular flexibility index (Phi) is 6.24. The average molecular weight is 441 g/mol. The van der Waals surface area contributed by atoms with Crippen LogP contribution >= 0.6 is 0 Å². The summed E-state index contributed by atoms with van der Waals surface area (Å²) in [5.74, 6) is 1.15. The molecular formula is C28H28N2O3.